The molecule has 1 heteroatoms. The van der Waals surface area contributed by atoms with Crippen molar-refractivity contribution in [2.75, 3.05) is 0 Å². The summed E-state index contributed by atoms with van der Waals surface area (Å²) in [4.78, 5) is 0. The van der Waals surface area contributed by atoms with Crippen molar-refractivity contribution >= 4 is 10.8 Å². The van der Waals surface area contributed by atoms with Crippen LogP contribution in [0.1, 0.15) is 11.1 Å². The lowest BCUT2D eigenvalue weighted by atomic mass is 10.1. The SMILES string of the molecule is Cc1cccc(Oc2c[c]c3ccccc3c2)c1C. The largest absolute Gasteiger partial charge is 0.457 e. The third kappa shape index (κ3) is 2.32. The molecule has 1 nitrogen and oxygen atoms in total. The van der Waals surface area contributed by atoms with Gasteiger partial charge in [-0.05, 0) is 60.0 Å². The molecule has 0 saturated carbocycles. The molecule has 0 heterocycles. The molecule has 0 aliphatic heterocycles. The van der Waals surface area contributed by atoms with E-state index in [4.69, 9.17) is 4.74 Å². The van der Waals surface area contributed by atoms with Crippen molar-refractivity contribution in [2.45, 2.75) is 13.8 Å². The van der Waals surface area contributed by atoms with Crippen LogP contribution in [0.4, 0.5) is 0 Å². The summed E-state index contributed by atoms with van der Waals surface area (Å²) in [5.41, 5.74) is 2.41. The van der Waals surface area contributed by atoms with E-state index in [0.717, 1.165) is 22.3 Å². The van der Waals surface area contributed by atoms with Gasteiger partial charge in [0.1, 0.15) is 11.5 Å². The van der Waals surface area contributed by atoms with Gasteiger partial charge in [-0.3, -0.25) is 0 Å². The second-order valence-electron chi connectivity index (χ2n) is 4.72. The molecule has 0 bridgehead atoms. The average Bonchev–Trinajstić information content (AvgIpc) is 2.44. The molecule has 0 spiro atoms. The molecule has 0 amide bonds. The minimum absolute atomic E-state index is 0.826. The van der Waals surface area contributed by atoms with E-state index in [1.54, 1.807) is 0 Å². The summed E-state index contributed by atoms with van der Waals surface area (Å²) < 4.78 is 5.97. The molecule has 3 aromatic carbocycles. The van der Waals surface area contributed by atoms with Crippen LogP contribution in [-0.4, -0.2) is 0 Å². The van der Waals surface area contributed by atoms with Gasteiger partial charge in [-0.25, -0.2) is 0 Å². The van der Waals surface area contributed by atoms with E-state index in [-0.39, 0.29) is 0 Å². The second kappa shape index (κ2) is 4.77. The Balaban J connectivity index is 1.99. The topological polar surface area (TPSA) is 9.23 Å². The zero-order valence-corrected chi connectivity index (χ0v) is 11.1. The highest BCUT2D eigenvalue weighted by Gasteiger charge is 2.04. The Labute approximate surface area is 113 Å². The number of benzene rings is 3. The van der Waals surface area contributed by atoms with Crippen LogP contribution in [0, 0.1) is 19.9 Å². The second-order valence-corrected chi connectivity index (χ2v) is 4.72. The summed E-state index contributed by atoms with van der Waals surface area (Å²) in [6.45, 7) is 4.17. The van der Waals surface area contributed by atoms with Crippen LogP contribution in [-0.2, 0) is 0 Å². The van der Waals surface area contributed by atoms with Crippen molar-refractivity contribution in [1.82, 2.24) is 0 Å². The predicted octanol–water partition coefficient (Wildman–Crippen LogP) is 5.05. The van der Waals surface area contributed by atoms with Gasteiger partial charge in [-0.1, -0.05) is 36.4 Å². The molecule has 0 aliphatic rings. The minimum Gasteiger partial charge on any atom is -0.457 e. The Morgan fingerprint density at radius 2 is 1.79 bits per heavy atom. The maximum atomic E-state index is 5.97. The van der Waals surface area contributed by atoms with E-state index in [1.165, 1.54) is 11.1 Å². The van der Waals surface area contributed by atoms with Crippen LogP contribution in [0.25, 0.3) is 10.8 Å². The molecule has 0 saturated heterocycles. The van der Waals surface area contributed by atoms with Crippen molar-refractivity contribution in [3.8, 4) is 11.5 Å². The first-order chi connectivity index (χ1) is 9.24. The summed E-state index contributed by atoms with van der Waals surface area (Å²) >= 11 is 0. The van der Waals surface area contributed by atoms with E-state index in [2.05, 4.69) is 38.1 Å². The molecular weight excluding hydrogens is 232 g/mol. The monoisotopic (exact) mass is 247 g/mol. The zero-order chi connectivity index (χ0) is 13.2. The maximum absolute atomic E-state index is 5.97. The van der Waals surface area contributed by atoms with E-state index in [0.29, 0.717) is 0 Å². The molecule has 93 valence electrons. The molecule has 19 heavy (non-hydrogen) atoms. The van der Waals surface area contributed by atoms with Crippen LogP contribution in [0.3, 0.4) is 0 Å². The molecule has 0 aliphatic carbocycles. The number of ether oxygens (including phenoxy) is 1. The standard InChI is InChI=1S/C18H15O/c1-13-6-5-9-18(14(13)2)19-17-11-10-15-7-3-4-8-16(15)12-17/h3-9,11-12H,1-2H3. The van der Waals surface area contributed by atoms with Gasteiger partial charge in [0.15, 0.2) is 0 Å². The Morgan fingerprint density at radius 3 is 2.68 bits per heavy atom. The van der Waals surface area contributed by atoms with Crippen molar-refractivity contribution in [3.63, 3.8) is 0 Å². The third-order valence-electron chi connectivity index (χ3n) is 3.41. The average molecular weight is 247 g/mol. The predicted molar refractivity (Wildman–Crippen MR) is 78.8 cm³/mol. The lowest BCUT2D eigenvalue weighted by molar-refractivity contribution is 0.479. The molecule has 0 aromatic heterocycles. The van der Waals surface area contributed by atoms with Gasteiger partial charge in [0.05, 0.1) is 0 Å². The summed E-state index contributed by atoms with van der Waals surface area (Å²) in [5.74, 6) is 1.73. The highest BCUT2D eigenvalue weighted by molar-refractivity contribution is 5.83. The lowest BCUT2D eigenvalue weighted by Gasteiger charge is -2.11. The lowest BCUT2D eigenvalue weighted by Crippen LogP contribution is -1.89. The Kier molecular flexibility index (Phi) is 2.96. The van der Waals surface area contributed by atoms with Gasteiger partial charge in [0.25, 0.3) is 0 Å². The van der Waals surface area contributed by atoms with Crippen LogP contribution >= 0.6 is 0 Å². The highest BCUT2D eigenvalue weighted by atomic mass is 16.5. The van der Waals surface area contributed by atoms with E-state index in [1.807, 2.05) is 36.4 Å². The summed E-state index contributed by atoms with van der Waals surface area (Å²) in [7, 11) is 0. The molecule has 0 N–H and O–H groups in total. The Hall–Kier alpha value is -2.28. The zero-order valence-electron chi connectivity index (χ0n) is 11.1. The van der Waals surface area contributed by atoms with Gasteiger partial charge in [-0.15, -0.1) is 0 Å². The van der Waals surface area contributed by atoms with Gasteiger partial charge in [-0.2, -0.15) is 0 Å². The van der Waals surface area contributed by atoms with Crippen molar-refractivity contribution in [1.29, 1.82) is 0 Å². The summed E-state index contributed by atoms with van der Waals surface area (Å²) in [6.07, 6.45) is 0. The van der Waals surface area contributed by atoms with Gasteiger partial charge in [0, 0.05) is 0 Å². The van der Waals surface area contributed by atoms with Crippen molar-refractivity contribution in [3.05, 3.63) is 71.8 Å². The molecule has 0 fully saturated rings. The first-order valence-electron chi connectivity index (χ1n) is 6.38. The fourth-order valence-electron chi connectivity index (χ4n) is 2.12. The number of hydrogen-bond donors (Lipinski definition) is 0. The Morgan fingerprint density at radius 1 is 0.947 bits per heavy atom. The molecule has 0 atom stereocenters. The number of hydrogen-bond acceptors (Lipinski definition) is 1. The molecule has 3 aromatic rings. The normalized spacial score (nSPS) is 10.6. The first-order valence-corrected chi connectivity index (χ1v) is 6.38. The van der Waals surface area contributed by atoms with Gasteiger partial charge < -0.3 is 4.74 Å². The highest BCUT2D eigenvalue weighted by Crippen LogP contribution is 2.28. The summed E-state index contributed by atoms with van der Waals surface area (Å²) in [5, 5.41) is 2.25. The quantitative estimate of drug-likeness (QED) is 0.615. The minimum atomic E-state index is 0.826. The van der Waals surface area contributed by atoms with Crippen LogP contribution in [0.5, 0.6) is 11.5 Å². The van der Waals surface area contributed by atoms with Gasteiger partial charge in [0.2, 0.25) is 0 Å². The number of aryl methyl sites for hydroxylation is 1. The fourth-order valence-corrected chi connectivity index (χ4v) is 2.12. The van der Waals surface area contributed by atoms with E-state index < -0.39 is 0 Å². The molecule has 1 radical (unpaired) electrons. The third-order valence-corrected chi connectivity index (χ3v) is 3.41. The van der Waals surface area contributed by atoms with Crippen molar-refractivity contribution in [2.24, 2.45) is 0 Å². The Bertz CT molecular complexity index is 729. The van der Waals surface area contributed by atoms with Gasteiger partial charge >= 0.3 is 0 Å². The maximum Gasteiger partial charge on any atom is 0.130 e. The summed E-state index contributed by atoms with van der Waals surface area (Å²) in [6, 6.07) is 21.5. The smallest absolute Gasteiger partial charge is 0.130 e. The molecular formula is C18H15O. The van der Waals surface area contributed by atoms with Crippen LogP contribution < -0.4 is 4.74 Å². The number of rotatable bonds is 2. The fraction of sp³-hybridized carbons (Fsp3) is 0.111. The molecule has 3 rings (SSSR count). The van der Waals surface area contributed by atoms with Crippen LogP contribution in [0.15, 0.2) is 54.6 Å². The van der Waals surface area contributed by atoms with E-state index >= 15 is 0 Å². The first kappa shape index (κ1) is 11.8. The number of fused-ring (bicyclic) bond motifs is 1. The van der Waals surface area contributed by atoms with Crippen molar-refractivity contribution < 1.29 is 4.74 Å². The molecule has 0 unspecified atom stereocenters. The van der Waals surface area contributed by atoms with E-state index in [9.17, 15) is 0 Å². The van der Waals surface area contributed by atoms with Crippen LogP contribution in [0.2, 0.25) is 0 Å².